The van der Waals surface area contributed by atoms with Crippen LogP contribution in [0.4, 0.5) is 0 Å². The molecule has 0 aliphatic carbocycles. The molecule has 45 heavy (non-hydrogen) atoms. The lowest BCUT2D eigenvalue weighted by molar-refractivity contribution is -0.141. The Morgan fingerprint density at radius 2 is 1.89 bits per heavy atom. The van der Waals surface area contributed by atoms with Crippen LogP contribution in [0.3, 0.4) is 0 Å². The molecule has 1 heterocycles. The Hall–Kier alpha value is -4.44. The number of benzene rings is 1. The number of nitrogens with two attached hydrogens (primary N) is 1. The number of aliphatic hydroxyl groups is 1. The molecule has 0 fully saturated rings. The van der Waals surface area contributed by atoms with Gasteiger partial charge in [0.05, 0.1) is 30.0 Å². The Balaban J connectivity index is 1.92. The van der Waals surface area contributed by atoms with Crippen LogP contribution in [0.5, 0.6) is 11.5 Å². The van der Waals surface area contributed by atoms with Crippen molar-refractivity contribution < 1.29 is 44.0 Å². The second kappa shape index (κ2) is 19.8. The number of hydrogen-bond acceptors (Lipinski definition) is 13. The summed E-state index contributed by atoms with van der Waals surface area (Å²) in [6.07, 6.45) is 5.34. The van der Waals surface area contributed by atoms with Gasteiger partial charge in [0.15, 0.2) is 11.5 Å². The third-order valence-electron chi connectivity index (χ3n) is 6.18. The number of thioether (sulfide) groups is 1. The van der Waals surface area contributed by atoms with Crippen LogP contribution in [-0.4, -0.2) is 88.3 Å². The summed E-state index contributed by atoms with van der Waals surface area (Å²) < 4.78 is 9.50. The molecule has 1 aromatic heterocycles. The van der Waals surface area contributed by atoms with E-state index in [1.807, 2.05) is 0 Å². The van der Waals surface area contributed by atoms with Crippen molar-refractivity contribution in [1.29, 1.82) is 0 Å². The summed E-state index contributed by atoms with van der Waals surface area (Å²) in [6, 6.07) is 5.45. The maximum Gasteiger partial charge on any atom is 0.339 e. The van der Waals surface area contributed by atoms with E-state index in [-0.39, 0.29) is 35.8 Å². The number of amides is 2. The van der Waals surface area contributed by atoms with E-state index in [0.717, 1.165) is 18.0 Å². The summed E-state index contributed by atoms with van der Waals surface area (Å²) in [7, 11) is 1.26. The van der Waals surface area contributed by atoms with Crippen molar-refractivity contribution in [3.63, 3.8) is 0 Å². The Kier molecular flexibility index (Phi) is 16.1. The largest absolute Gasteiger partial charge is 0.504 e. The number of rotatable bonds is 19. The van der Waals surface area contributed by atoms with Gasteiger partial charge in [-0.25, -0.2) is 14.6 Å². The number of hydrogen-bond donors (Lipinski definition) is 7. The zero-order valence-corrected chi connectivity index (χ0v) is 25.6. The molecule has 1 aromatic carbocycles. The van der Waals surface area contributed by atoms with Crippen molar-refractivity contribution in [2.24, 2.45) is 5.73 Å². The maximum absolute atomic E-state index is 12.7. The van der Waals surface area contributed by atoms with Crippen LogP contribution in [0, 0.1) is 0 Å². The molecule has 15 heteroatoms. The molecule has 244 valence electrons. The Morgan fingerprint density at radius 3 is 2.53 bits per heavy atom. The Labute approximate surface area is 265 Å². The fraction of sp³-hybridized carbons (Fsp3) is 0.367. The number of unbranched alkanes of at least 4 members (excludes halogenated alkanes) is 1. The molecule has 0 spiro atoms. The lowest BCUT2D eigenvalue weighted by Crippen LogP contribution is -2.50. The molecule has 0 saturated heterocycles. The molecule has 2 amide bonds. The second-order valence-corrected chi connectivity index (χ2v) is 10.6. The minimum absolute atomic E-state index is 0.0196. The van der Waals surface area contributed by atoms with Crippen LogP contribution < -0.4 is 21.7 Å². The zero-order chi connectivity index (χ0) is 33.2. The van der Waals surface area contributed by atoms with Crippen LogP contribution in [0.25, 0.3) is 6.08 Å². The lowest BCUT2D eigenvalue weighted by atomic mass is 10.1. The normalized spacial score (nSPS) is 13.0. The van der Waals surface area contributed by atoms with Gasteiger partial charge >= 0.3 is 11.9 Å². The van der Waals surface area contributed by atoms with Crippen molar-refractivity contribution in [1.82, 2.24) is 20.9 Å². The maximum atomic E-state index is 12.7. The number of aromatic nitrogens is 1. The predicted molar refractivity (Wildman–Crippen MR) is 167 cm³/mol. The van der Waals surface area contributed by atoms with Gasteiger partial charge in [-0.2, -0.15) is 0 Å². The van der Waals surface area contributed by atoms with E-state index in [4.69, 9.17) is 10.5 Å². The highest BCUT2D eigenvalue weighted by Gasteiger charge is 2.24. The van der Waals surface area contributed by atoms with Crippen molar-refractivity contribution in [2.45, 2.75) is 49.0 Å². The van der Waals surface area contributed by atoms with Crippen LogP contribution in [0.1, 0.15) is 41.6 Å². The summed E-state index contributed by atoms with van der Waals surface area (Å²) in [5.41, 5.74) is 6.32. The second-order valence-electron chi connectivity index (χ2n) is 9.54. The van der Waals surface area contributed by atoms with E-state index in [1.165, 1.54) is 49.7 Å². The first kappa shape index (κ1) is 36.8. The number of nitrogens with zero attached hydrogens (tertiary/aromatic N) is 1. The summed E-state index contributed by atoms with van der Waals surface area (Å²) in [6.45, 7) is 3.83. The molecule has 0 saturated carbocycles. The average Bonchev–Trinajstić information content (AvgIpc) is 3.03. The average molecular weight is 646 g/mol. The topological polar surface area (TPSA) is 222 Å². The first-order valence-corrected chi connectivity index (χ1v) is 15.0. The van der Waals surface area contributed by atoms with E-state index in [9.17, 15) is 34.5 Å². The lowest BCUT2D eigenvalue weighted by Gasteiger charge is -2.25. The molecule has 2 aromatic rings. The number of esters is 2. The van der Waals surface area contributed by atoms with Crippen molar-refractivity contribution in [3.05, 3.63) is 66.6 Å². The molecule has 14 nitrogen and oxygen atoms in total. The van der Waals surface area contributed by atoms with E-state index in [2.05, 4.69) is 32.3 Å². The standard InChI is InChI=1S/C30H39N5O9S/c1-3-44-30(42)22(18-45-27-12-9-20(17-33-27)29(41)43-2)35-26(39)13-15-32-28(40)21(6-4-5-14-31)34-25(38)11-8-19-7-10-23(36)24(37)16-19/h3,7-12,16-17,21-22,28,32,36-37,40H,1,4-6,13-15,18,31H2,2H3,(H,34,38)(H,35,39)/b11-8+. The molecule has 0 aliphatic heterocycles. The zero-order valence-electron chi connectivity index (χ0n) is 24.8. The van der Waals surface area contributed by atoms with Gasteiger partial charge in [-0.3, -0.25) is 14.9 Å². The monoisotopic (exact) mass is 645 g/mol. The molecule has 0 bridgehead atoms. The number of carbonyl (C=O) groups is 4. The van der Waals surface area contributed by atoms with E-state index in [0.29, 0.717) is 36.4 Å². The van der Waals surface area contributed by atoms with Crippen LogP contribution in [-0.2, 0) is 23.9 Å². The number of carbonyl (C=O) groups excluding carboxylic acids is 4. The molecular formula is C30H39N5O9S. The van der Waals surface area contributed by atoms with Gasteiger partial charge in [-0.05, 0) is 55.3 Å². The van der Waals surface area contributed by atoms with E-state index in [1.54, 1.807) is 6.07 Å². The van der Waals surface area contributed by atoms with Crippen molar-refractivity contribution in [2.75, 3.05) is 26.0 Å². The van der Waals surface area contributed by atoms with Gasteiger partial charge in [-0.15, -0.1) is 11.8 Å². The number of pyridine rings is 1. The number of phenols is 2. The van der Waals surface area contributed by atoms with Crippen LogP contribution in [0.2, 0.25) is 0 Å². The Bertz CT molecular complexity index is 1320. The Morgan fingerprint density at radius 1 is 1.11 bits per heavy atom. The summed E-state index contributed by atoms with van der Waals surface area (Å²) >= 11 is 1.16. The molecular weight excluding hydrogens is 606 g/mol. The first-order chi connectivity index (χ1) is 21.6. The smallest absolute Gasteiger partial charge is 0.339 e. The van der Waals surface area contributed by atoms with E-state index < -0.39 is 42.1 Å². The number of aromatic hydroxyl groups is 2. The highest BCUT2D eigenvalue weighted by molar-refractivity contribution is 7.99. The van der Waals surface area contributed by atoms with Gasteiger partial charge in [0.2, 0.25) is 11.8 Å². The van der Waals surface area contributed by atoms with Gasteiger partial charge in [-0.1, -0.05) is 19.1 Å². The molecule has 0 aliphatic rings. The number of methoxy groups -OCH3 is 1. The fourth-order valence-corrected chi connectivity index (χ4v) is 4.66. The van der Waals surface area contributed by atoms with Crippen molar-refractivity contribution >= 4 is 41.6 Å². The van der Waals surface area contributed by atoms with Gasteiger partial charge < -0.3 is 41.2 Å². The SMILES string of the molecule is C=COC(=O)C(CSc1ccc(C(=O)OC)cn1)NC(=O)CCNC(O)C(CCCCN)NC(=O)/C=C/c1ccc(O)c(O)c1. The quantitative estimate of drug-likeness (QED) is 0.0217. The molecule has 8 N–H and O–H groups in total. The van der Waals surface area contributed by atoms with Crippen molar-refractivity contribution in [3.8, 4) is 11.5 Å². The molecule has 3 atom stereocenters. The molecule has 2 rings (SSSR count). The highest BCUT2D eigenvalue weighted by Crippen LogP contribution is 2.25. The van der Waals surface area contributed by atoms with E-state index >= 15 is 0 Å². The summed E-state index contributed by atoms with van der Waals surface area (Å²) in [5.74, 6) is -2.81. The predicted octanol–water partition coefficient (Wildman–Crippen LogP) is 1.17. The minimum atomic E-state index is -1.21. The first-order valence-electron chi connectivity index (χ1n) is 14.0. The molecule has 3 unspecified atom stereocenters. The number of nitrogens with one attached hydrogen (secondary N) is 3. The third kappa shape index (κ3) is 13.4. The summed E-state index contributed by atoms with van der Waals surface area (Å²) in [5, 5.41) is 38.4. The molecule has 0 radical (unpaired) electrons. The highest BCUT2D eigenvalue weighted by atomic mass is 32.2. The van der Waals surface area contributed by atoms with Crippen LogP contribution in [0.15, 0.2) is 60.5 Å². The van der Waals surface area contributed by atoms with Gasteiger partial charge in [0.25, 0.3) is 0 Å². The fourth-order valence-electron chi connectivity index (χ4n) is 3.81. The van der Waals surface area contributed by atoms with Gasteiger partial charge in [0, 0.05) is 31.0 Å². The number of aliphatic hydroxyl groups excluding tert-OH is 1. The van der Waals surface area contributed by atoms with Crippen LogP contribution >= 0.6 is 11.8 Å². The number of ether oxygens (including phenoxy) is 2. The number of phenolic OH excluding ortho intramolecular Hbond substituents is 2. The van der Waals surface area contributed by atoms with Gasteiger partial charge in [0.1, 0.15) is 12.3 Å². The minimum Gasteiger partial charge on any atom is -0.504 e. The third-order valence-corrected chi connectivity index (χ3v) is 7.22. The summed E-state index contributed by atoms with van der Waals surface area (Å²) in [4.78, 5) is 53.4.